The Morgan fingerprint density at radius 2 is 1.88 bits per heavy atom. The van der Waals surface area contributed by atoms with Gasteiger partial charge in [0.1, 0.15) is 5.75 Å². The van der Waals surface area contributed by atoms with E-state index in [2.05, 4.69) is 38.1 Å². The molecule has 0 aromatic heterocycles. The number of phenolic OH excluding ortho intramolecular Hbond substituents is 1. The predicted octanol–water partition coefficient (Wildman–Crippen LogP) is 3.14. The summed E-state index contributed by atoms with van der Waals surface area (Å²) in [7, 11) is 4.11. The first-order chi connectivity index (χ1) is 7.04. The molecular formula is C13H22ClNO. The molecule has 0 saturated carbocycles. The van der Waals surface area contributed by atoms with Crippen LogP contribution in [0.5, 0.6) is 5.75 Å². The van der Waals surface area contributed by atoms with Crippen LogP contribution in [-0.4, -0.2) is 24.1 Å². The van der Waals surface area contributed by atoms with Crippen LogP contribution in [0.15, 0.2) is 12.1 Å². The maximum atomic E-state index is 9.87. The van der Waals surface area contributed by atoms with E-state index >= 15 is 0 Å². The molecule has 1 aromatic carbocycles. The van der Waals surface area contributed by atoms with Crippen LogP contribution in [0.2, 0.25) is 0 Å². The summed E-state index contributed by atoms with van der Waals surface area (Å²) in [5.41, 5.74) is 3.34. The Morgan fingerprint density at radius 1 is 1.25 bits per heavy atom. The van der Waals surface area contributed by atoms with Crippen molar-refractivity contribution in [2.24, 2.45) is 0 Å². The largest absolute Gasteiger partial charge is 0.507 e. The zero-order valence-corrected chi connectivity index (χ0v) is 11.4. The van der Waals surface area contributed by atoms with E-state index in [1.165, 1.54) is 5.56 Å². The predicted molar refractivity (Wildman–Crippen MR) is 71.5 cm³/mol. The lowest BCUT2D eigenvalue weighted by Crippen LogP contribution is -2.11. The second-order valence-corrected chi connectivity index (χ2v) is 4.41. The molecule has 0 heterocycles. The van der Waals surface area contributed by atoms with Gasteiger partial charge in [-0.15, -0.1) is 12.4 Å². The summed E-state index contributed by atoms with van der Waals surface area (Å²) in [6, 6.07) is 4.18. The standard InChI is InChI=1S/C13H21NO.ClH/c1-5-6-12-8-11(9-14(3)4)7-10(2)13(12)15;/h7-8,15H,5-6,9H2,1-4H3;1H. The Kier molecular flexibility index (Phi) is 6.46. The SMILES string of the molecule is CCCc1cc(CN(C)C)cc(C)c1O.Cl. The molecule has 3 heteroatoms. The van der Waals surface area contributed by atoms with Gasteiger partial charge in [0.25, 0.3) is 0 Å². The van der Waals surface area contributed by atoms with Crippen LogP contribution in [0.4, 0.5) is 0 Å². The number of phenols is 1. The van der Waals surface area contributed by atoms with Crippen LogP contribution < -0.4 is 0 Å². The maximum absolute atomic E-state index is 9.87. The van der Waals surface area contributed by atoms with Gasteiger partial charge in [-0.3, -0.25) is 0 Å². The molecule has 0 amide bonds. The molecule has 92 valence electrons. The van der Waals surface area contributed by atoms with E-state index < -0.39 is 0 Å². The molecular weight excluding hydrogens is 222 g/mol. The van der Waals surface area contributed by atoms with Crippen molar-refractivity contribution in [2.45, 2.75) is 33.2 Å². The van der Waals surface area contributed by atoms with Crippen molar-refractivity contribution in [2.75, 3.05) is 14.1 Å². The normalized spacial score (nSPS) is 10.3. The van der Waals surface area contributed by atoms with Gasteiger partial charge in [-0.1, -0.05) is 25.5 Å². The van der Waals surface area contributed by atoms with E-state index in [0.717, 1.165) is 30.5 Å². The summed E-state index contributed by atoms with van der Waals surface area (Å²) >= 11 is 0. The van der Waals surface area contributed by atoms with Gasteiger partial charge in [-0.2, -0.15) is 0 Å². The monoisotopic (exact) mass is 243 g/mol. The fourth-order valence-corrected chi connectivity index (χ4v) is 1.85. The van der Waals surface area contributed by atoms with Gasteiger partial charge in [0.05, 0.1) is 0 Å². The summed E-state index contributed by atoms with van der Waals surface area (Å²) in [6.45, 7) is 5.03. The van der Waals surface area contributed by atoms with E-state index in [4.69, 9.17) is 0 Å². The number of hydrogen-bond donors (Lipinski definition) is 1. The smallest absolute Gasteiger partial charge is 0.121 e. The first-order valence-corrected chi connectivity index (χ1v) is 5.50. The lowest BCUT2D eigenvalue weighted by atomic mass is 10.0. The van der Waals surface area contributed by atoms with Crippen LogP contribution in [0, 0.1) is 6.92 Å². The summed E-state index contributed by atoms with van der Waals surface area (Å²) in [6.07, 6.45) is 2.02. The average Bonchev–Trinajstić information content (AvgIpc) is 2.12. The second-order valence-electron chi connectivity index (χ2n) is 4.41. The van der Waals surface area contributed by atoms with Crippen LogP contribution in [-0.2, 0) is 13.0 Å². The van der Waals surface area contributed by atoms with Crippen molar-refractivity contribution in [1.29, 1.82) is 0 Å². The van der Waals surface area contributed by atoms with Gasteiger partial charge in [-0.05, 0) is 44.1 Å². The molecule has 0 aliphatic carbocycles. The Bertz CT molecular complexity index is 337. The minimum Gasteiger partial charge on any atom is -0.507 e. The van der Waals surface area contributed by atoms with E-state index in [0.29, 0.717) is 5.75 Å². The van der Waals surface area contributed by atoms with Crippen molar-refractivity contribution < 1.29 is 5.11 Å². The molecule has 0 radical (unpaired) electrons. The van der Waals surface area contributed by atoms with E-state index in [1.54, 1.807) is 0 Å². The van der Waals surface area contributed by atoms with Crippen molar-refractivity contribution >= 4 is 12.4 Å². The first-order valence-electron chi connectivity index (χ1n) is 5.50. The molecule has 16 heavy (non-hydrogen) atoms. The number of halogens is 1. The highest BCUT2D eigenvalue weighted by Gasteiger charge is 2.06. The zero-order valence-electron chi connectivity index (χ0n) is 10.6. The summed E-state index contributed by atoms with van der Waals surface area (Å²) < 4.78 is 0. The molecule has 0 bridgehead atoms. The van der Waals surface area contributed by atoms with E-state index in [-0.39, 0.29) is 12.4 Å². The lowest BCUT2D eigenvalue weighted by molar-refractivity contribution is 0.401. The Hall–Kier alpha value is -0.730. The molecule has 0 unspecified atom stereocenters. The zero-order chi connectivity index (χ0) is 11.4. The highest BCUT2D eigenvalue weighted by molar-refractivity contribution is 5.85. The van der Waals surface area contributed by atoms with Gasteiger partial charge in [-0.25, -0.2) is 0 Å². The molecule has 0 fully saturated rings. The van der Waals surface area contributed by atoms with Crippen molar-refractivity contribution in [3.8, 4) is 5.75 Å². The van der Waals surface area contributed by atoms with Gasteiger partial charge < -0.3 is 10.0 Å². The highest BCUT2D eigenvalue weighted by atomic mass is 35.5. The lowest BCUT2D eigenvalue weighted by Gasteiger charge is -2.13. The number of aromatic hydroxyl groups is 1. The van der Waals surface area contributed by atoms with Crippen molar-refractivity contribution in [3.63, 3.8) is 0 Å². The summed E-state index contributed by atoms with van der Waals surface area (Å²) in [5.74, 6) is 0.472. The number of rotatable bonds is 4. The first kappa shape index (κ1) is 15.3. The number of nitrogens with zero attached hydrogens (tertiary/aromatic N) is 1. The third-order valence-corrected chi connectivity index (χ3v) is 2.46. The highest BCUT2D eigenvalue weighted by Crippen LogP contribution is 2.25. The van der Waals surface area contributed by atoms with E-state index in [9.17, 15) is 5.11 Å². The number of hydrogen-bond acceptors (Lipinski definition) is 2. The average molecular weight is 244 g/mol. The van der Waals surface area contributed by atoms with Crippen LogP contribution >= 0.6 is 12.4 Å². The molecule has 0 spiro atoms. The Morgan fingerprint density at radius 3 is 2.38 bits per heavy atom. The van der Waals surface area contributed by atoms with Gasteiger partial charge in [0, 0.05) is 6.54 Å². The molecule has 1 N–H and O–H groups in total. The maximum Gasteiger partial charge on any atom is 0.121 e. The van der Waals surface area contributed by atoms with Gasteiger partial charge in [0.2, 0.25) is 0 Å². The number of benzene rings is 1. The van der Waals surface area contributed by atoms with Crippen LogP contribution in [0.25, 0.3) is 0 Å². The Balaban J connectivity index is 0.00000225. The molecule has 0 aliphatic heterocycles. The summed E-state index contributed by atoms with van der Waals surface area (Å²) in [5, 5.41) is 9.87. The van der Waals surface area contributed by atoms with Crippen LogP contribution in [0.3, 0.4) is 0 Å². The molecule has 0 aliphatic rings. The fourth-order valence-electron chi connectivity index (χ4n) is 1.85. The minimum atomic E-state index is 0. The molecule has 0 atom stereocenters. The second kappa shape index (κ2) is 6.77. The number of aryl methyl sites for hydroxylation is 2. The minimum absolute atomic E-state index is 0. The fraction of sp³-hybridized carbons (Fsp3) is 0.538. The Labute approximate surface area is 105 Å². The van der Waals surface area contributed by atoms with Crippen molar-refractivity contribution in [1.82, 2.24) is 4.90 Å². The van der Waals surface area contributed by atoms with Gasteiger partial charge in [0.15, 0.2) is 0 Å². The quantitative estimate of drug-likeness (QED) is 0.878. The molecule has 2 nitrogen and oxygen atoms in total. The molecule has 1 rings (SSSR count). The van der Waals surface area contributed by atoms with E-state index in [1.807, 2.05) is 6.92 Å². The van der Waals surface area contributed by atoms with Gasteiger partial charge >= 0.3 is 0 Å². The molecule has 1 aromatic rings. The molecule has 0 saturated heterocycles. The van der Waals surface area contributed by atoms with Crippen LogP contribution in [0.1, 0.15) is 30.0 Å². The summed E-state index contributed by atoms with van der Waals surface area (Å²) in [4.78, 5) is 2.14. The third kappa shape index (κ3) is 4.03. The van der Waals surface area contributed by atoms with Crippen molar-refractivity contribution in [3.05, 3.63) is 28.8 Å². The third-order valence-electron chi connectivity index (χ3n) is 2.46. The topological polar surface area (TPSA) is 23.5 Å².